The summed E-state index contributed by atoms with van der Waals surface area (Å²) >= 11 is 0. The van der Waals surface area contributed by atoms with Crippen molar-refractivity contribution < 1.29 is 5.11 Å². The lowest BCUT2D eigenvalue weighted by molar-refractivity contribution is 0.0738. The fourth-order valence-corrected chi connectivity index (χ4v) is 3.78. The fourth-order valence-electron chi connectivity index (χ4n) is 3.78. The predicted octanol–water partition coefficient (Wildman–Crippen LogP) is 3.52. The molecule has 0 aliphatic carbocycles. The van der Waals surface area contributed by atoms with Crippen LogP contribution in [0.25, 0.3) is 27.6 Å². The number of aromatic nitrogens is 6. The van der Waals surface area contributed by atoms with Crippen molar-refractivity contribution in [3.05, 3.63) is 77.1 Å². The maximum absolute atomic E-state index is 13.0. The molecule has 5 aromatic rings. The zero-order valence-corrected chi connectivity index (χ0v) is 18.5. The summed E-state index contributed by atoms with van der Waals surface area (Å²) in [5.74, 6) is 0.850. The third kappa shape index (κ3) is 3.72. The van der Waals surface area contributed by atoms with Gasteiger partial charge in [-0.2, -0.15) is 4.98 Å². The molecular formula is C24H23N7O2. The monoisotopic (exact) mass is 441 g/mol. The lowest BCUT2D eigenvalue weighted by Crippen LogP contribution is -2.23. The molecule has 0 fully saturated rings. The Morgan fingerprint density at radius 3 is 2.70 bits per heavy atom. The maximum atomic E-state index is 13.0. The highest BCUT2D eigenvalue weighted by Crippen LogP contribution is 2.23. The molecule has 0 aliphatic heterocycles. The van der Waals surface area contributed by atoms with Gasteiger partial charge in [-0.15, -0.1) is 0 Å². The van der Waals surface area contributed by atoms with E-state index in [1.165, 1.54) is 6.20 Å². The van der Waals surface area contributed by atoms with Crippen LogP contribution in [0, 0.1) is 0 Å². The van der Waals surface area contributed by atoms with E-state index in [1.54, 1.807) is 47.6 Å². The van der Waals surface area contributed by atoms with Crippen LogP contribution in [0.15, 0.2) is 65.8 Å². The van der Waals surface area contributed by atoms with E-state index < -0.39 is 5.60 Å². The van der Waals surface area contributed by atoms with Crippen molar-refractivity contribution in [2.24, 2.45) is 0 Å². The molecule has 5 rings (SSSR count). The molecule has 0 radical (unpaired) electrons. The Morgan fingerprint density at radius 1 is 1.06 bits per heavy atom. The summed E-state index contributed by atoms with van der Waals surface area (Å²) in [7, 11) is 0. The highest BCUT2D eigenvalue weighted by atomic mass is 16.3. The van der Waals surface area contributed by atoms with Gasteiger partial charge in [-0.3, -0.25) is 9.78 Å². The topological polar surface area (TPSA) is 111 Å². The lowest BCUT2D eigenvalue weighted by Gasteiger charge is -2.18. The number of nitrogens with one attached hydrogen (secondary N) is 1. The Labute approximate surface area is 189 Å². The molecule has 2 N–H and O–H groups in total. The van der Waals surface area contributed by atoms with Crippen LogP contribution in [0.1, 0.15) is 26.5 Å². The van der Waals surface area contributed by atoms with E-state index in [4.69, 9.17) is 0 Å². The van der Waals surface area contributed by atoms with Crippen LogP contribution in [0.2, 0.25) is 0 Å². The summed E-state index contributed by atoms with van der Waals surface area (Å²) in [5.41, 5.74) is 0.426. The number of aliphatic hydroxyl groups is 1. The smallest absolute Gasteiger partial charge is 0.278 e. The first-order valence-corrected chi connectivity index (χ1v) is 10.6. The molecule has 0 bridgehead atoms. The zero-order chi connectivity index (χ0) is 23.2. The summed E-state index contributed by atoms with van der Waals surface area (Å²) < 4.78 is 3.23. The molecule has 0 amide bonds. The van der Waals surface area contributed by atoms with Crippen LogP contribution in [-0.4, -0.2) is 34.4 Å². The van der Waals surface area contributed by atoms with E-state index in [9.17, 15) is 9.90 Å². The van der Waals surface area contributed by atoms with Crippen molar-refractivity contribution in [2.75, 3.05) is 5.32 Å². The van der Waals surface area contributed by atoms with E-state index >= 15 is 0 Å². The first kappa shape index (κ1) is 20.8. The number of fused-ring (bicyclic) bond motifs is 2. The molecule has 1 aromatic carbocycles. The summed E-state index contributed by atoms with van der Waals surface area (Å²) in [6.45, 7) is 5.64. The molecule has 0 saturated carbocycles. The minimum absolute atomic E-state index is 0.201. The molecular weight excluding hydrogens is 418 g/mol. The summed E-state index contributed by atoms with van der Waals surface area (Å²) in [5, 5.41) is 16.1. The Hall–Kier alpha value is -4.11. The van der Waals surface area contributed by atoms with E-state index in [0.29, 0.717) is 35.0 Å². The van der Waals surface area contributed by atoms with Gasteiger partial charge in [0.25, 0.3) is 5.56 Å². The van der Waals surface area contributed by atoms with Crippen LogP contribution in [0.5, 0.6) is 0 Å². The number of nitrogens with zero attached hydrogens (tertiary/aromatic N) is 6. The lowest BCUT2D eigenvalue weighted by atomic mass is 10.1. The van der Waals surface area contributed by atoms with Crippen molar-refractivity contribution in [3.8, 4) is 5.82 Å². The van der Waals surface area contributed by atoms with Crippen LogP contribution in [-0.2, 0) is 12.1 Å². The third-order valence-corrected chi connectivity index (χ3v) is 5.45. The van der Waals surface area contributed by atoms with E-state index in [0.717, 1.165) is 16.5 Å². The first-order valence-electron chi connectivity index (χ1n) is 10.6. The van der Waals surface area contributed by atoms with Gasteiger partial charge in [0.2, 0.25) is 5.95 Å². The minimum Gasteiger partial charge on any atom is -0.384 e. The van der Waals surface area contributed by atoms with Crippen LogP contribution < -0.4 is 10.9 Å². The van der Waals surface area contributed by atoms with E-state index in [2.05, 4.69) is 25.3 Å². The molecule has 4 aromatic heterocycles. The molecule has 4 heterocycles. The molecule has 0 aliphatic rings. The van der Waals surface area contributed by atoms with Crippen molar-refractivity contribution in [2.45, 2.75) is 32.9 Å². The fraction of sp³-hybridized carbons (Fsp3) is 0.208. The number of benzene rings is 1. The summed E-state index contributed by atoms with van der Waals surface area (Å²) in [6.07, 6.45) is 5.08. The number of pyridine rings is 2. The highest BCUT2D eigenvalue weighted by molar-refractivity contribution is 5.85. The molecule has 9 nitrogen and oxygen atoms in total. The minimum atomic E-state index is -1.12. The van der Waals surface area contributed by atoms with Gasteiger partial charge < -0.3 is 10.4 Å². The number of hydrogen-bond acceptors (Lipinski definition) is 7. The van der Waals surface area contributed by atoms with E-state index in [1.807, 2.05) is 37.4 Å². The van der Waals surface area contributed by atoms with E-state index in [-0.39, 0.29) is 5.56 Å². The van der Waals surface area contributed by atoms with Crippen LogP contribution in [0.3, 0.4) is 0 Å². The van der Waals surface area contributed by atoms with Crippen molar-refractivity contribution in [3.63, 3.8) is 0 Å². The van der Waals surface area contributed by atoms with Gasteiger partial charge in [0.15, 0.2) is 11.5 Å². The molecule has 0 saturated heterocycles. The molecule has 0 spiro atoms. The SMILES string of the molecule is CCn1c(=O)c2cnc(Nc3ccc4cnccc4c3)nc2n1-c1cccc(C(C)(C)O)n1. The Kier molecular flexibility index (Phi) is 4.90. The second-order valence-electron chi connectivity index (χ2n) is 8.27. The molecule has 0 unspecified atom stereocenters. The molecule has 9 heteroatoms. The summed E-state index contributed by atoms with van der Waals surface area (Å²) in [6, 6.07) is 13.2. The second kappa shape index (κ2) is 7.79. The first-order chi connectivity index (χ1) is 15.8. The van der Waals surface area contributed by atoms with Crippen molar-refractivity contribution in [1.82, 2.24) is 29.3 Å². The van der Waals surface area contributed by atoms with Crippen molar-refractivity contribution >= 4 is 33.4 Å². The second-order valence-corrected chi connectivity index (χ2v) is 8.27. The average Bonchev–Trinajstić information content (AvgIpc) is 3.09. The number of rotatable bonds is 5. The van der Waals surface area contributed by atoms with Crippen molar-refractivity contribution in [1.29, 1.82) is 0 Å². The maximum Gasteiger partial charge on any atom is 0.278 e. The molecule has 166 valence electrons. The Balaban J connectivity index is 1.63. The zero-order valence-electron chi connectivity index (χ0n) is 18.5. The molecule has 0 atom stereocenters. The quantitative estimate of drug-likeness (QED) is 0.429. The Morgan fingerprint density at radius 2 is 1.91 bits per heavy atom. The van der Waals surface area contributed by atoms with Crippen LogP contribution >= 0.6 is 0 Å². The van der Waals surface area contributed by atoms with Gasteiger partial charge in [0.1, 0.15) is 11.0 Å². The van der Waals surface area contributed by atoms with Gasteiger partial charge >= 0.3 is 0 Å². The molecule has 33 heavy (non-hydrogen) atoms. The number of hydrogen-bond donors (Lipinski definition) is 2. The highest BCUT2D eigenvalue weighted by Gasteiger charge is 2.21. The Bertz CT molecular complexity index is 1550. The van der Waals surface area contributed by atoms with Gasteiger partial charge in [0.05, 0.1) is 5.69 Å². The number of anilines is 2. The van der Waals surface area contributed by atoms with Gasteiger partial charge in [0, 0.05) is 36.2 Å². The normalized spacial score (nSPS) is 11.9. The average molecular weight is 441 g/mol. The van der Waals surface area contributed by atoms with Crippen LogP contribution in [0.4, 0.5) is 11.6 Å². The summed E-state index contributed by atoms with van der Waals surface area (Å²) in [4.78, 5) is 30.8. The third-order valence-electron chi connectivity index (χ3n) is 5.45. The standard InChI is InChI=1S/C24H23N7O2/c1-4-30-22(32)18-14-26-23(27-17-9-8-16-13-25-11-10-15(16)12-17)29-21(18)31(30)20-7-5-6-19(28-20)24(2,3)33/h5-14,33H,4H2,1-3H3,(H,26,27,29). The predicted molar refractivity (Wildman–Crippen MR) is 127 cm³/mol. The van der Waals surface area contributed by atoms with Gasteiger partial charge in [-0.1, -0.05) is 12.1 Å². The van der Waals surface area contributed by atoms with Gasteiger partial charge in [-0.05, 0) is 56.5 Å². The largest absolute Gasteiger partial charge is 0.384 e. The van der Waals surface area contributed by atoms with Gasteiger partial charge in [-0.25, -0.2) is 19.3 Å².